The van der Waals surface area contributed by atoms with Gasteiger partial charge < -0.3 is 14.6 Å². The van der Waals surface area contributed by atoms with Crippen LogP contribution in [0.4, 0.5) is 4.39 Å². The number of hydrogen-bond acceptors (Lipinski definition) is 3. The van der Waals surface area contributed by atoms with Crippen LogP contribution in [0.3, 0.4) is 0 Å². The number of halogens is 1. The lowest BCUT2D eigenvalue weighted by molar-refractivity contribution is -0.136. The molecule has 3 rings (SSSR count). The van der Waals surface area contributed by atoms with Gasteiger partial charge in [-0.05, 0) is 65.1 Å². The van der Waals surface area contributed by atoms with Gasteiger partial charge in [-0.25, -0.2) is 4.39 Å². The Morgan fingerprint density at radius 1 is 1.00 bits per heavy atom. The highest BCUT2D eigenvalue weighted by molar-refractivity contribution is 6.77. The molecule has 0 aliphatic carbocycles. The predicted molar refractivity (Wildman–Crippen MR) is 153 cm³/mol. The lowest BCUT2D eigenvalue weighted by Gasteiger charge is -2.23. The fraction of sp³-hybridized carbons (Fsp3) is 0.375. The highest BCUT2D eigenvalue weighted by Crippen LogP contribution is 2.34. The standard InChI is InChI=1S/C32H38BFO4/c1-20(2)17-29(27-13-9-23(19-28(27)34)31(37)33-16-15-30(35)36)38-25-12-14-26(21(3)18-25)22-7-10-24(11-8-22)32(4,5)6/h7-14,18-20,29,33H,15-17H2,1-6H3,(H,35,36). The molecule has 4 nitrogen and oxygen atoms in total. The fourth-order valence-electron chi connectivity index (χ4n) is 4.52. The minimum atomic E-state index is -0.949. The van der Waals surface area contributed by atoms with Crippen molar-refractivity contribution in [3.8, 4) is 16.9 Å². The molecule has 0 amide bonds. The molecule has 1 N–H and O–H groups in total. The maximum Gasteiger partial charge on any atom is 0.302 e. The van der Waals surface area contributed by atoms with Crippen LogP contribution in [0.5, 0.6) is 5.75 Å². The summed E-state index contributed by atoms with van der Waals surface area (Å²) in [6.07, 6.45) is 0.240. The van der Waals surface area contributed by atoms with E-state index in [-0.39, 0.29) is 42.6 Å². The second-order valence-electron chi connectivity index (χ2n) is 11.4. The molecule has 1 unspecified atom stereocenters. The van der Waals surface area contributed by atoms with Crippen LogP contribution in [0.2, 0.25) is 6.32 Å². The molecular formula is C32H38BFO4. The molecule has 0 aliphatic heterocycles. The molecule has 6 heteroatoms. The largest absolute Gasteiger partial charge is 0.486 e. The minimum Gasteiger partial charge on any atom is -0.486 e. The lowest BCUT2D eigenvalue weighted by Crippen LogP contribution is -2.15. The molecule has 0 heterocycles. The maximum atomic E-state index is 15.2. The molecule has 38 heavy (non-hydrogen) atoms. The van der Waals surface area contributed by atoms with Gasteiger partial charge in [-0.3, -0.25) is 4.79 Å². The Morgan fingerprint density at radius 3 is 2.24 bits per heavy atom. The van der Waals surface area contributed by atoms with Crippen LogP contribution in [-0.2, 0) is 10.2 Å². The van der Waals surface area contributed by atoms with Crippen molar-refractivity contribution in [3.05, 3.63) is 88.7 Å². The minimum absolute atomic E-state index is 0.0710. The molecule has 0 radical (unpaired) electrons. The predicted octanol–water partition coefficient (Wildman–Crippen LogP) is 7.73. The normalized spacial score (nSPS) is 12.3. The summed E-state index contributed by atoms with van der Waals surface area (Å²) in [5.74, 6) is -0.517. The number of carbonyl (C=O) groups is 2. The fourth-order valence-corrected chi connectivity index (χ4v) is 4.52. The number of ether oxygens (including phenoxy) is 1. The quantitative estimate of drug-likeness (QED) is 0.265. The van der Waals surface area contributed by atoms with Crippen LogP contribution in [0.25, 0.3) is 11.1 Å². The zero-order valence-electron chi connectivity index (χ0n) is 23.3. The van der Waals surface area contributed by atoms with E-state index in [0.717, 1.165) is 16.7 Å². The first kappa shape index (κ1) is 29.2. The molecule has 0 aliphatic rings. The van der Waals surface area contributed by atoms with E-state index in [1.807, 2.05) is 25.1 Å². The first-order chi connectivity index (χ1) is 17.8. The van der Waals surface area contributed by atoms with Crippen LogP contribution in [0.1, 0.15) is 80.6 Å². The van der Waals surface area contributed by atoms with Crippen LogP contribution in [-0.4, -0.2) is 24.0 Å². The van der Waals surface area contributed by atoms with Crippen molar-refractivity contribution >= 4 is 18.9 Å². The Bertz CT molecular complexity index is 1280. The zero-order valence-corrected chi connectivity index (χ0v) is 23.3. The lowest BCUT2D eigenvalue weighted by atomic mass is 9.66. The molecule has 1 atom stereocenters. The van der Waals surface area contributed by atoms with E-state index >= 15 is 4.39 Å². The highest BCUT2D eigenvalue weighted by atomic mass is 19.1. The zero-order chi connectivity index (χ0) is 28.0. The number of aliphatic carboxylic acids is 1. The molecule has 0 bridgehead atoms. The summed E-state index contributed by atoms with van der Waals surface area (Å²) in [5.41, 5.74) is 5.09. The van der Waals surface area contributed by atoms with Gasteiger partial charge in [0.05, 0.1) is 0 Å². The third kappa shape index (κ3) is 7.80. The summed E-state index contributed by atoms with van der Waals surface area (Å²) in [6.45, 7) is 12.8. The first-order valence-corrected chi connectivity index (χ1v) is 13.3. The van der Waals surface area contributed by atoms with E-state index in [1.54, 1.807) is 12.1 Å². The molecule has 0 saturated carbocycles. The van der Waals surface area contributed by atoms with Gasteiger partial charge in [0.2, 0.25) is 7.28 Å². The molecule has 0 saturated heterocycles. The van der Waals surface area contributed by atoms with E-state index in [4.69, 9.17) is 9.84 Å². The van der Waals surface area contributed by atoms with Crippen molar-refractivity contribution in [2.45, 2.75) is 72.2 Å². The topological polar surface area (TPSA) is 63.6 Å². The van der Waals surface area contributed by atoms with Gasteiger partial charge in [0.15, 0.2) is 0 Å². The maximum absolute atomic E-state index is 15.2. The average molecular weight is 516 g/mol. The summed E-state index contributed by atoms with van der Waals surface area (Å²) in [4.78, 5) is 23.1. The third-order valence-corrected chi connectivity index (χ3v) is 6.69. The Morgan fingerprint density at radius 2 is 1.68 bits per heavy atom. The van der Waals surface area contributed by atoms with Gasteiger partial charge >= 0.3 is 5.97 Å². The number of carboxylic acids is 1. The summed E-state index contributed by atoms with van der Waals surface area (Å²) < 4.78 is 21.5. The number of carboxylic acid groups (broad SMARTS) is 1. The van der Waals surface area contributed by atoms with Gasteiger partial charge in [-0.15, -0.1) is 0 Å². The Balaban J connectivity index is 1.80. The Hall–Kier alpha value is -3.41. The van der Waals surface area contributed by atoms with Crippen LogP contribution in [0, 0.1) is 18.7 Å². The van der Waals surface area contributed by atoms with Crippen molar-refractivity contribution in [1.29, 1.82) is 0 Å². The number of benzene rings is 3. The molecule has 0 spiro atoms. The summed E-state index contributed by atoms with van der Waals surface area (Å²) in [7, 11) is 0.0710. The van der Waals surface area contributed by atoms with Crippen LogP contribution >= 0.6 is 0 Å². The van der Waals surface area contributed by atoms with E-state index in [2.05, 4.69) is 58.9 Å². The highest BCUT2D eigenvalue weighted by Gasteiger charge is 2.22. The molecule has 0 fully saturated rings. The van der Waals surface area contributed by atoms with Gasteiger partial charge in [-0.2, -0.15) is 0 Å². The van der Waals surface area contributed by atoms with Crippen LogP contribution in [0.15, 0.2) is 60.7 Å². The van der Waals surface area contributed by atoms with Gasteiger partial charge in [0.1, 0.15) is 23.4 Å². The third-order valence-electron chi connectivity index (χ3n) is 6.69. The SMILES string of the molecule is Cc1cc(OC(CC(C)C)c2ccc(C(=O)BCCC(=O)O)cc2F)ccc1-c1ccc(C(C)(C)C)cc1. The number of rotatable bonds is 11. The van der Waals surface area contributed by atoms with Gasteiger partial charge in [0, 0.05) is 17.5 Å². The first-order valence-electron chi connectivity index (χ1n) is 13.3. The molecule has 3 aromatic carbocycles. The Labute approximate surface area is 226 Å². The Kier molecular flexibility index (Phi) is 9.53. The van der Waals surface area contributed by atoms with Crippen molar-refractivity contribution < 1.29 is 23.8 Å². The average Bonchev–Trinajstić information content (AvgIpc) is 2.82. The van der Waals surface area contributed by atoms with Gasteiger partial charge in [0.25, 0.3) is 0 Å². The molecule has 0 aromatic heterocycles. The van der Waals surface area contributed by atoms with Crippen LogP contribution < -0.4 is 4.74 Å². The second-order valence-corrected chi connectivity index (χ2v) is 11.4. The van der Waals surface area contributed by atoms with Crippen molar-refractivity contribution in [2.24, 2.45) is 5.92 Å². The summed E-state index contributed by atoms with van der Waals surface area (Å²) >= 11 is 0. The summed E-state index contributed by atoms with van der Waals surface area (Å²) in [6, 6.07) is 19.0. The van der Waals surface area contributed by atoms with E-state index < -0.39 is 17.9 Å². The van der Waals surface area contributed by atoms with Crippen molar-refractivity contribution in [2.75, 3.05) is 0 Å². The van der Waals surface area contributed by atoms with E-state index in [9.17, 15) is 9.59 Å². The molecular weight excluding hydrogens is 478 g/mol. The molecule has 200 valence electrons. The van der Waals surface area contributed by atoms with Gasteiger partial charge in [-0.1, -0.05) is 83.4 Å². The second kappa shape index (κ2) is 12.4. The number of carbonyl (C=O) groups excluding carboxylic acids is 1. The number of aryl methyl sites for hydroxylation is 1. The smallest absolute Gasteiger partial charge is 0.302 e. The summed E-state index contributed by atoms with van der Waals surface area (Å²) in [5, 5.41) is 8.77. The van der Waals surface area contributed by atoms with Crippen molar-refractivity contribution in [3.63, 3.8) is 0 Å². The molecule has 3 aromatic rings. The monoisotopic (exact) mass is 516 g/mol. The van der Waals surface area contributed by atoms with E-state index in [0.29, 0.717) is 17.7 Å². The number of hydrogen-bond donors (Lipinski definition) is 1. The van der Waals surface area contributed by atoms with Crippen molar-refractivity contribution in [1.82, 2.24) is 0 Å². The van der Waals surface area contributed by atoms with E-state index in [1.165, 1.54) is 11.6 Å².